The Hall–Kier alpha value is 1.18. The molecule has 2 nitrogen and oxygen atoms in total. The Kier molecular flexibility index (Phi) is 4.67. The van der Waals surface area contributed by atoms with Gasteiger partial charge in [-0.05, 0) is 20.8 Å². The van der Waals surface area contributed by atoms with E-state index < -0.39 is 0 Å². The summed E-state index contributed by atoms with van der Waals surface area (Å²) in [4.78, 5) is 0. The van der Waals surface area contributed by atoms with Gasteiger partial charge in [-0.25, -0.2) is 0 Å². The van der Waals surface area contributed by atoms with Crippen molar-refractivity contribution in [3.05, 3.63) is 0 Å². The van der Waals surface area contributed by atoms with Crippen molar-refractivity contribution in [3.8, 4) is 0 Å². The highest BCUT2D eigenvalue weighted by molar-refractivity contribution is 14.1. The zero-order chi connectivity index (χ0) is 6.62. The lowest BCUT2D eigenvalue weighted by Gasteiger charge is -2.18. The van der Waals surface area contributed by atoms with Crippen LogP contribution in [0.25, 0.3) is 0 Å². The highest BCUT2D eigenvalue weighted by Gasteiger charge is 2.10. The van der Waals surface area contributed by atoms with E-state index in [0.29, 0.717) is 0 Å². The fourth-order valence-electron chi connectivity index (χ4n) is 0.163. The number of hydrogen-bond donors (Lipinski definition) is 0. The molecule has 0 saturated carbocycles. The van der Waals surface area contributed by atoms with Crippen LogP contribution in [0.2, 0.25) is 0 Å². The fourth-order valence-corrected chi connectivity index (χ4v) is 0.799. The molecular formula is C4H9AlIO2. The van der Waals surface area contributed by atoms with Crippen LogP contribution in [-0.2, 0) is 5.91 Å². The average Bonchev–Trinajstić information content (AvgIpc) is 1.59. The standard InChI is InChI=1S/C4H9O.Al.IO/c1-4(2,3)5;;1-2/h1-3H3;;/q-1;+2;-1. The van der Waals surface area contributed by atoms with Gasteiger partial charge in [-0.1, -0.05) is 0 Å². The molecule has 4 heteroatoms. The number of halogens is 1. The van der Waals surface area contributed by atoms with Crippen LogP contribution in [0.3, 0.4) is 0 Å². The first-order valence-corrected chi connectivity index (χ1v) is 4.15. The monoisotopic (exact) mass is 243 g/mol. The summed E-state index contributed by atoms with van der Waals surface area (Å²) < 4.78 is 9.98. The minimum atomic E-state index is -0.271. The van der Waals surface area contributed by atoms with Crippen molar-refractivity contribution in [3.63, 3.8) is 0 Å². The van der Waals surface area contributed by atoms with Crippen molar-refractivity contribution < 1.29 is 5.91 Å². The third-order valence-electron chi connectivity index (χ3n) is 0.438. The molecule has 0 rings (SSSR count). The Labute approximate surface area is 71.0 Å². The molecule has 8 heavy (non-hydrogen) atoms. The second-order valence-electron chi connectivity index (χ2n) is 2.42. The van der Waals surface area contributed by atoms with Crippen molar-refractivity contribution in [1.82, 2.24) is 0 Å². The number of rotatable bonds is 2. The van der Waals surface area contributed by atoms with Crippen LogP contribution < -0.4 is 0 Å². The van der Waals surface area contributed by atoms with Gasteiger partial charge in [0.2, 0.25) is 0 Å². The quantitative estimate of drug-likeness (QED) is 0.542. The van der Waals surface area contributed by atoms with Crippen LogP contribution in [-0.4, -0.2) is 21.5 Å². The highest BCUT2D eigenvalue weighted by Crippen LogP contribution is 2.05. The van der Waals surface area contributed by atoms with Gasteiger partial charge in [0.15, 0.2) is 0 Å². The molecule has 0 saturated heterocycles. The van der Waals surface area contributed by atoms with E-state index in [2.05, 4.69) is 0 Å². The van der Waals surface area contributed by atoms with E-state index in [9.17, 15) is 0 Å². The lowest BCUT2D eigenvalue weighted by molar-refractivity contribution is 0.123. The van der Waals surface area contributed by atoms with Gasteiger partial charge in [0, 0.05) is 5.60 Å². The summed E-state index contributed by atoms with van der Waals surface area (Å²) in [6.45, 7) is 6.03. The summed E-state index contributed by atoms with van der Waals surface area (Å²) in [7, 11) is 0. The fraction of sp³-hybridized carbons (Fsp3) is 1.00. The zero-order valence-corrected chi connectivity index (χ0v) is 8.58. The second-order valence-corrected chi connectivity index (χ2v) is 4.55. The van der Waals surface area contributed by atoms with Gasteiger partial charge >= 0.3 is 15.9 Å². The average molecular weight is 243 g/mol. The molecule has 0 spiro atoms. The Morgan fingerprint density at radius 1 is 1.38 bits per heavy atom. The van der Waals surface area contributed by atoms with E-state index in [1.54, 1.807) is 0 Å². The van der Waals surface area contributed by atoms with Crippen molar-refractivity contribution in [2.24, 2.45) is 0 Å². The summed E-state index contributed by atoms with van der Waals surface area (Å²) in [6, 6.07) is 0. The predicted octanol–water partition coefficient (Wildman–Crippen LogP) is 1.70. The van der Waals surface area contributed by atoms with Gasteiger partial charge < -0.3 is 5.91 Å². The topological polar surface area (TPSA) is 18.5 Å². The summed E-state index contributed by atoms with van der Waals surface area (Å²) in [5, 5.41) is 0. The molecule has 0 aliphatic carbocycles. The highest BCUT2D eigenvalue weighted by atomic mass is 127. The SMILES string of the molecule is CC(C)(C)[O][Al][O]I. The molecule has 1 radical (unpaired) electrons. The van der Waals surface area contributed by atoms with E-state index >= 15 is 0 Å². The molecule has 0 aromatic rings. The summed E-state index contributed by atoms with van der Waals surface area (Å²) in [5.41, 5.74) is -0.0412. The first-order chi connectivity index (χ1) is 3.56. The van der Waals surface area contributed by atoms with Crippen LogP contribution >= 0.6 is 23.0 Å². The molecule has 47 valence electrons. The van der Waals surface area contributed by atoms with E-state index in [1.165, 1.54) is 0 Å². The molecule has 0 bridgehead atoms. The van der Waals surface area contributed by atoms with Crippen molar-refractivity contribution in [2.75, 3.05) is 0 Å². The maximum atomic E-state index is 5.23. The molecular weight excluding hydrogens is 234 g/mol. The summed E-state index contributed by atoms with van der Waals surface area (Å²) in [6.07, 6.45) is 0. The molecule has 0 atom stereocenters. The predicted molar refractivity (Wildman–Crippen MR) is 41.7 cm³/mol. The van der Waals surface area contributed by atoms with Crippen molar-refractivity contribution >= 4 is 38.9 Å². The van der Waals surface area contributed by atoms with Crippen LogP contribution in [0, 0.1) is 0 Å². The van der Waals surface area contributed by atoms with Gasteiger partial charge in [-0.15, -0.1) is 0 Å². The van der Waals surface area contributed by atoms with Crippen LogP contribution in [0.4, 0.5) is 0 Å². The summed E-state index contributed by atoms with van der Waals surface area (Å²) in [5.74, 6) is 0. The molecule has 0 aliphatic rings. The minimum Gasteiger partial charge on any atom is -0.479 e. The molecule has 0 N–H and O–H groups in total. The van der Waals surface area contributed by atoms with E-state index in [1.807, 2.05) is 43.8 Å². The first-order valence-electron chi connectivity index (χ1n) is 2.33. The smallest absolute Gasteiger partial charge is 0.479 e. The maximum Gasteiger partial charge on any atom is 0.678 e. The Morgan fingerprint density at radius 3 is 2.00 bits per heavy atom. The van der Waals surface area contributed by atoms with Crippen LogP contribution in [0.5, 0.6) is 0 Å². The molecule has 0 aromatic heterocycles. The largest absolute Gasteiger partial charge is 0.678 e. The van der Waals surface area contributed by atoms with Gasteiger partial charge in [0.05, 0.1) is 23.0 Å². The Bertz CT molecular complexity index is 61.5. The number of hydrogen-bond acceptors (Lipinski definition) is 2. The lowest BCUT2D eigenvalue weighted by atomic mass is 10.2. The van der Waals surface area contributed by atoms with Crippen LogP contribution in [0.1, 0.15) is 20.8 Å². The molecule has 0 aromatic carbocycles. The van der Waals surface area contributed by atoms with Gasteiger partial charge in [0.1, 0.15) is 0 Å². The molecule has 0 amide bonds. The van der Waals surface area contributed by atoms with E-state index in [0.717, 1.165) is 0 Å². The lowest BCUT2D eigenvalue weighted by Crippen LogP contribution is -2.21. The van der Waals surface area contributed by atoms with E-state index in [-0.39, 0.29) is 21.5 Å². The first kappa shape index (κ1) is 9.18. The molecule has 0 heterocycles. The van der Waals surface area contributed by atoms with Crippen LogP contribution in [0.15, 0.2) is 0 Å². The molecule has 0 fully saturated rings. The molecule has 0 unspecified atom stereocenters. The third-order valence-corrected chi connectivity index (χ3v) is 1.94. The molecule has 0 aliphatic heterocycles. The third kappa shape index (κ3) is 7.18. The Morgan fingerprint density at radius 2 is 1.88 bits per heavy atom. The normalized spacial score (nSPS) is 11.5. The second kappa shape index (κ2) is 4.07. The zero-order valence-electron chi connectivity index (χ0n) is 5.27. The van der Waals surface area contributed by atoms with Crippen molar-refractivity contribution in [1.29, 1.82) is 0 Å². The van der Waals surface area contributed by atoms with Gasteiger partial charge in [-0.3, -0.25) is 0 Å². The van der Waals surface area contributed by atoms with Crippen molar-refractivity contribution in [2.45, 2.75) is 26.4 Å². The van der Waals surface area contributed by atoms with Gasteiger partial charge in [-0.2, -0.15) is 0 Å². The summed E-state index contributed by atoms with van der Waals surface area (Å²) >= 11 is 1.57. The maximum absolute atomic E-state index is 5.23. The minimum absolute atomic E-state index is 0.0412. The van der Waals surface area contributed by atoms with Gasteiger partial charge in [0.25, 0.3) is 0 Å². The van der Waals surface area contributed by atoms with E-state index in [4.69, 9.17) is 5.91 Å². The Balaban J connectivity index is 3.11.